The van der Waals surface area contributed by atoms with Gasteiger partial charge in [-0.05, 0) is 57.4 Å². The molecule has 0 aliphatic carbocycles. The lowest BCUT2D eigenvalue weighted by molar-refractivity contribution is -0.136. The highest BCUT2D eigenvalue weighted by molar-refractivity contribution is 5.76. The van der Waals surface area contributed by atoms with E-state index in [1.807, 2.05) is 24.4 Å². The van der Waals surface area contributed by atoms with Gasteiger partial charge in [-0.15, -0.1) is 5.10 Å². The third-order valence-electron chi connectivity index (χ3n) is 14.2. The molecule has 2 bridgehead atoms. The molecule has 24 heteroatoms. The van der Waals surface area contributed by atoms with Crippen LogP contribution in [-0.2, 0) is 78.2 Å². The molecule has 2 amide bonds. The number of rotatable bonds is 38. The van der Waals surface area contributed by atoms with Crippen LogP contribution in [0.3, 0.4) is 0 Å². The Balaban J connectivity index is 0.633. The Kier molecular flexibility index (Phi) is 26.4. The number of piperidine rings is 1. The lowest BCUT2D eigenvalue weighted by Gasteiger charge is -2.41. The van der Waals surface area contributed by atoms with Crippen molar-refractivity contribution < 1.29 is 74.9 Å². The van der Waals surface area contributed by atoms with Crippen LogP contribution in [0.1, 0.15) is 91.9 Å². The van der Waals surface area contributed by atoms with E-state index in [4.69, 9.17) is 47.6 Å². The van der Waals surface area contributed by atoms with E-state index in [0.717, 1.165) is 55.0 Å². The zero-order valence-corrected chi connectivity index (χ0v) is 46.2. The van der Waals surface area contributed by atoms with Crippen molar-refractivity contribution in [3.63, 3.8) is 0 Å². The summed E-state index contributed by atoms with van der Waals surface area (Å²) in [5.41, 5.74) is 4.22. The predicted octanol–water partition coefficient (Wildman–Crippen LogP) is 5.89. The first kappa shape index (κ1) is 62.0. The molecule has 7 rings (SSSR count). The van der Waals surface area contributed by atoms with Crippen molar-refractivity contribution in [2.24, 2.45) is 0 Å². The Morgan fingerprint density at radius 1 is 0.713 bits per heavy atom. The Hall–Kier alpha value is -5.57. The SMILES string of the molecule is COC(=O)N1CCc2c(nc(C)n2C2CC3CCC(C2)N3CC[C@H](NC(=O)CCCc2cn(CCOCCOCCOCCOCCOCCOCCOCCOCCC(=O)Oc3c(F)cc(F)cc3F)nn2)c2ccccc2)C1. The number of ether oxygens (including phenoxy) is 10. The van der Waals surface area contributed by atoms with Gasteiger partial charge in [0.2, 0.25) is 11.7 Å². The van der Waals surface area contributed by atoms with Gasteiger partial charge in [-0.25, -0.2) is 27.6 Å². The fourth-order valence-electron chi connectivity index (χ4n) is 10.4. The number of hydrogen-bond acceptors (Lipinski definition) is 17. The molecule has 2 aromatic heterocycles. The van der Waals surface area contributed by atoms with Crippen molar-refractivity contribution in [1.82, 2.24) is 39.7 Å². The first-order valence-corrected chi connectivity index (χ1v) is 27.9. The van der Waals surface area contributed by atoms with E-state index in [2.05, 4.69) is 48.9 Å². The summed E-state index contributed by atoms with van der Waals surface area (Å²) >= 11 is 0. The van der Waals surface area contributed by atoms with Crippen LogP contribution in [0.15, 0.2) is 48.7 Å². The van der Waals surface area contributed by atoms with Crippen LogP contribution in [0.4, 0.5) is 18.0 Å². The van der Waals surface area contributed by atoms with Crippen molar-refractivity contribution in [3.05, 3.63) is 94.6 Å². The zero-order chi connectivity index (χ0) is 56.3. The number of halogens is 3. The van der Waals surface area contributed by atoms with Crippen LogP contribution in [0.5, 0.6) is 5.75 Å². The monoisotopic (exact) mass is 1130 g/mol. The van der Waals surface area contributed by atoms with Gasteiger partial charge in [-0.3, -0.25) is 14.5 Å². The molecule has 3 aliphatic heterocycles. The number of aryl methyl sites for hydroxylation is 2. The highest BCUT2D eigenvalue weighted by Crippen LogP contribution is 2.43. The molecule has 1 N–H and O–H groups in total. The topological polar surface area (TPSA) is 211 Å². The van der Waals surface area contributed by atoms with Gasteiger partial charge in [0.25, 0.3) is 0 Å². The summed E-state index contributed by atoms with van der Waals surface area (Å²) in [6.45, 7) is 10.5. The summed E-state index contributed by atoms with van der Waals surface area (Å²) in [4.78, 5) is 46.7. The fourth-order valence-corrected chi connectivity index (χ4v) is 10.4. The molecule has 0 radical (unpaired) electrons. The maximum atomic E-state index is 13.6. The maximum absolute atomic E-state index is 13.6. The van der Waals surface area contributed by atoms with Crippen molar-refractivity contribution in [2.75, 3.05) is 126 Å². The number of esters is 1. The number of carbonyl (C=O) groups excluding carboxylic acids is 3. The normalized spacial score (nSPS) is 17.4. The largest absolute Gasteiger partial charge is 0.453 e. The van der Waals surface area contributed by atoms with E-state index >= 15 is 0 Å². The lowest BCUT2D eigenvalue weighted by atomic mass is 9.94. The molecule has 442 valence electrons. The molecule has 3 atom stereocenters. The average molecular weight is 1130 g/mol. The number of nitrogens with one attached hydrogen (secondary N) is 1. The summed E-state index contributed by atoms with van der Waals surface area (Å²) in [6.07, 6.45) is 9.21. The van der Waals surface area contributed by atoms with Crippen molar-refractivity contribution in [1.29, 1.82) is 0 Å². The minimum absolute atomic E-state index is 0.0347. The molecule has 0 saturated carbocycles. The molecule has 0 spiro atoms. The Bertz CT molecular complexity index is 2450. The summed E-state index contributed by atoms with van der Waals surface area (Å²) in [5.74, 6) is -4.52. The lowest BCUT2D eigenvalue weighted by Crippen LogP contribution is -2.45. The number of carbonyl (C=O) groups is 3. The van der Waals surface area contributed by atoms with Crippen LogP contribution in [0, 0.1) is 24.4 Å². The van der Waals surface area contributed by atoms with Crippen LogP contribution in [0.25, 0.3) is 0 Å². The van der Waals surface area contributed by atoms with E-state index in [1.165, 1.54) is 25.6 Å². The van der Waals surface area contributed by atoms with Gasteiger partial charge < -0.3 is 62.2 Å². The molecule has 2 fully saturated rings. The molecular weight excluding hydrogens is 1050 g/mol. The minimum Gasteiger partial charge on any atom is -0.453 e. The van der Waals surface area contributed by atoms with Crippen molar-refractivity contribution in [3.8, 4) is 5.75 Å². The molecule has 2 saturated heterocycles. The highest BCUT2D eigenvalue weighted by Gasteiger charge is 2.43. The molecule has 2 aromatic carbocycles. The third kappa shape index (κ3) is 20.1. The summed E-state index contributed by atoms with van der Waals surface area (Å²) in [7, 11) is 1.42. The second-order valence-electron chi connectivity index (χ2n) is 19.8. The van der Waals surface area contributed by atoms with Crippen LogP contribution >= 0.6 is 0 Å². The van der Waals surface area contributed by atoms with Crippen LogP contribution < -0.4 is 10.1 Å². The number of hydrogen-bond donors (Lipinski definition) is 1. The summed E-state index contributed by atoms with van der Waals surface area (Å²) < 4.78 is 97.9. The van der Waals surface area contributed by atoms with Crippen molar-refractivity contribution >= 4 is 18.0 Å². The maximum Gasteiger partial charge on any atom is 0.409 e. The highest BCUT2D eigenvalue weighted by atomic mass is 19.1. The van der Waals surface area contributed by atoms with Gasteiger partial charge in [0, 0.05) is 68.1 Å². The fraction of sp³-hybridized carbons (Fsp3) is 0.643. The first-order chi connectivity index (χ1) is 39.1. The second kappa shape index (κ2) is 34.0. The van der Waals surface area contributed by atoms with Gasteiger partial charge in [0.15, 0.2) is 11.6 Å². The van der Waals surface area contributed by atoms with Gasteiger partial charge >= 0.3 is 12.1 Å². The Morgan fingerprint density at radius 3 is 1.85 bits per heavy atom. The quantitative estimate of drug-likeness (QED) is 0.0315. The van der Waals surface area contributed by atoms with E-state index in [-0.39, 0.29) is 44.3 Å². The number of imidazole rings is 1. The van der Waals surface area contributed by atoms with Crippen LogP contribution in [-0.4, -0.2) is 190 Å². The third-order valence-corrected chi connectivity index (χ3v) is 14.2. The molecule has 3 aliphatic rings. The van der Waals surface area contributed by atoms with E-state index in [0.29, 0.717) is 155 Å². The predicted molar refractivity (Wildman–Crippen MR) is 283 cm³/mol. The second-order valence-corrected chi connectivity index (χ2v) is 19.8. The number of nitrogens with zero attached hydrogens (tertiary/aromatic N) is 7. The van der Waals surface area contributed by atoms with Crippen molar-refractivity contribution in [2.45, 2.75) is 108 Å². The zero-order valence-electron chi connectivity index (χ0n) is 46.2. The van der Waals surface area contributed by atoms with E-state index < -0.39 is 29.2 Å². The minimum atomic E-state index is -1.30. The molecule has 2 unspecified atom stereocenters. The standard InChI is InChI=1S/C56H79F3N8O13/c1-41-60-51-40-64(56(70)71-2)16-14-52(51)67(41)47-37-45-11-12-46(38-47)66(45)17-13-50(42-7-4-3-5-8-42)61-53(68)10-6-9-44-39-65(63-62-44)18-20-73-22-24-75-26-28-77-30-32-79-34-33-78-31-29-76-27-25-74-23-21-72-19-15-54(69)80-55-48(58)35-43(57)36-49(55)59/h3-5,7-8,35-36,39,45-47,50H,6,9-34,37-38,40H2,1-2H3,(H,61,68)/t45?,46?,47?,50-/m0/s1. The summed E-state index contributed by atoms with van der Waals surface area (Å²) in [6, 6.07) is 12.4. The van der Waals surface area contributed by atoms with Crippen LogP contribution in [0.2, 0.25) is 0 Å². The molecule has 4 aromatic rings. The Labute approximate surface area is 465 Å². The van der Waals surface area contributed by atoms with E-state index in [1.54, 1.807) is 9.58 Å². The molecular formula is C56H79F3N8O13. The first-order valence-electron chi connectivity index (χ1n) is 27.9. The van der Waals surface area contributed by atoms with Gasteiger partial charge in [-0.1, -0.05) is 35.5 Å². The van der Waals surface area contributed by atoms with Gasteiger partial charge in [0.05, 0.1) is 150 Å². The molecule has 21 nitrogen and oxygen atoms in total. The number of aromatic nitrogens is 5. The number of amides is 2. The number of benzene rings is 2. The molecule has 5 heterocycles. The number of fused-ring (bicyclic) bond motifs is 3. The van der Waals surface area contributed by atoms with Gasteiger partial charge in [-0.2, -0.15) is 0 Å². The van der Waals surface area contributed by atoms with E-state index in [9.17, 15) is 27.6 Å². The average Bonchev–Trinajstić information content (AvgIpc) is 4.12. The van der Waals surface area contributed by atoms with Gasteiger partial charge in [0.1, 0.15) is 11.6 Å². The Morgan fingerprint density at radius 2 is 1.27 bits per heavy atom. The summed E-state index contributed by atoms with van der Waals surface area (Å²) in [5, 5.41) is 11.9. The number of methoxy groups -OCH3 is 1. The molecule has 80 heavy (non-hydrogen) atoms. The smallest absolute Gasteiger partial charge is 0.409 e.